The van der Waals surface area contributed by atoms with Crippen LogP contribution in [0.4, 0.5) is 0 Å². The van der Waals surface area contributed by atoms with Gasteiger partial charge in [0, 0.05) is 19.6 Å². The molecular weight excluding hydrogens is 184 g/mol. The summed E-state index contributed by atoms with van der Waals surface area (Å²) < 4.78 is 0. The number of thioether (sulfide) groups is 1. The molecule has 1 aliphatic heterocycles. The van der Waals surface area contributed by atoms with E-state index in [0.717, 1.165) is 26.1 Å². The van der Waals surface area contributed by atoms with Crippen LogP contribution >= 0.6 is 11.8 Å². The molecule has 1 amide bonds. The molecule has 0 bridgehead atoms. The quantitative estimate of drug-likeness (QED) is 0.707. The number of hydrogen-bond acceptors (Lipinski definition) is 3. The summed E-state index contributed by atoms with van der Waals surface area (Å²) in [5, 5.41) is 3.20. The van der Waals surface area contributed by atoms with Crippen molar-refractivity contribution in [3.05, 3.63) is 0 Å². The molecule has 1 heterocycles. The Morgan fingerprint density at radius 3 is 2.69 bits per heavy atom. The highest BCUT2D eigenvalue weighted by Crippen LogP contribution is 2.08. The third kappa shape index (κ3) is 2.88. The molecule has 1 aliphatic rings. The number of rotatable bonds is 5. The first-order valence-electron chi connectivity index (χ1n) is 4.78. The Balaban J connectivity index is 2.40. The number of nitrogens with zero attached hydrogens (tertiary/aromatic N) is 1. The van der Waals surface area contributed by atoms with Crippen LogP contribution < -0.4 is 5.32 Å². The van der Waals surface area contributed by atoms with Crippen molar-refractivity contribution in [1.29, 1.82) is 0 Å². The first kappa shape index (κ1) is 10.9. The predicted molar refractivity (Wildman–Crippen MR) is 57.0 cm³/mol. The molecule has 4 heteroatoms. The van der Waals surface area contributed by atoms with Crippen LogP contribution in [0, 0.1) is 0 Å². The van der Waals surface area contributed by atoms with Gasteiger partial charge in [0.05, 0.1) is 11.8 Å². The molecule has 13 heavy (non-hydrogen) atoms. The summed E-state index contributed by atoms with van der Waals surface area (Å²) in [6.07, 6.45) is 3.03. The fraction of sp³-hybridized carbons (Fsp3) is 0.889. The molecule has 0 radical (unpaired) electrons. The second-order valence-electron chi connectivity index (χ2n) is 3.33. The molecule has 0 aromatic heterocycles. The van der Waals surface area contributed by atoms with Crippen LogP contribution in [0.5, 0.6) is 0 Å². The van der Waals surface area contributed by atoms with Gasteiger partial charge in [0.1, 0.15) is 0 Å². The molecule has 1 fully saturated rings. The zero-order chi connectivity index (χ0) is 9.68. The summed E-state index contributed by atoms with van der Waals surface area (Å²) in [6, 6.07) is 0.458. The molecule has 0 aliphatic carbocycles. The summed E-state index contributed by atoms with van der Waals surface area (Å²) in [7, 11) is 0. The Kier molecular flexibility index (Phi) is 4.59. The average Bonchev–Trinajstić information content (AvgIpc) is 2.01. The van der Waals surface area contributed by atoms with Gasteiger partial charge in [-0.25, -0.2) is 0 Å². The van der Waals surface area contributed by atoms with E-state index in [1.807, 2.05) is 11.2 Å². The van der Waals surface area contributed by atoms with E-state index in [9.17, 15) is 4.79 Å². The molecule has 0 aromatic rings. The lowest BCUT2D eigenvalue weighted by molar-refractivity contribution is -0.131. The van der Waals surface area contributed by atoms with E-state index in [1.165, 1.54) is 0 Å². The number of amides is 1. The van der Waals surface area contributed by atoms with Crippen LogP contribution in [-0.4, -0.2) is 48.5 Å². The van der Waals surface area contributed by atoms with Gasteiger partial charge in [-0.05, 0) is 12.7 Å². The third-order valence-electron chi connectivity index (χ3n) is 2.25. The predicted octanol–water partition coefficient (Wildman–Crippen LogP) is 0.560. The normalized spacial score (nSPS) is 16.8. The van der Waals surface area contributed by atoms with Crippen LogP contribution in [0.1, 0.15) is 13.3 Å². The second kappa shape index (κ2) is 5.50. The van der Waals surface area contributed by atoms with Crippen molar-refractivity contribution in [3.63, 3.8) is 0 Å². The van der Waals surface area contributed by atoms with Gasteiger partial charge >= 0.3 is 0 Å². The van der Waals surface area contributed by atoms with Gasteiger partial charge in [-0.2, -0.15) is 11.8 Å². The van der Waals surface area contributed by atoms with Crippen molar-refractivity contribution in [1.82, 2.24) is 10.2 Å². The van der Waals surface area contributed by atoms with E-state index in [0.29, 0.717) is 17.7 Å². The lowest BCUT2D eigenvalue weighted by Crippen LogP contribution is -2.59. The molecule has 1 rings (SSSR count). The van der Waals surface area contributed by atoms with E-state index in [2.05, 4.69) is 12.2 Å². The molecule has 0 spiro atoms. The van der Waals surface area contributed by atoms with Gasteiger partial charge in [0.15, 0.2) is 0 Å². The topological polar surface area (TPSA) is 32.3 Å². The summed E-state index contributed by atoms with van der Waals surface area (Å²) in [5.41, 5.74) is 0. The molecule has 1 N–H and O–H groups in total. The second-order valence-corrected chi connectivity index (χ2v) is 4.20. The molecular formula is C9H18N2OS. The maximum absolute atomic E-state index is 11.6. The van der Waals surface area contributed by atoms with Crippen molar-refractivity contribution >= 4 is 17.7 Å². The summed E-state index contributed by atoms with van der Waals surface area (Å²) >= 11 is 1.60. The molecule has 76 valence electrons. The van der Waals surface area contributed by atoms with Crippen molar-refractivity contribution in [2.45, 2.75) is 19.4 Å². The zero-order valence-electron chi connectivity index (χ0n) is 8.38. The van der Waals surface area contributed by atoms with Crippen molar-refractivity contribution in [2.75, 3.05) is 31.6 Å². The first-order valence-corrected chi connectivity index (χ1v) is 6.18. The zero-order valence-corrected chi connectivity index (χ0v) is 9.19. The summed E-state index contributed by atoms with van der Waals surface area (Å²) in [4.78, 5) is 13.7. The van der Waals surface area contributed by atoms with Gasteiger partial charge in [-0.3, -0.25) is 4.79 Å². The van der Waals surface area contributed by atoms with E-state index >= 15 is 0 Å². The fourth-order valence-electron chi connectivity index (χ4n) is 1.45. The van der Waals surface area contributed by atoms with Gasteiger partial charge in [0.2, 0.25) is 5.91 Å². The number of carbonyl (C=O) groups excluding carboxylic acids is 1. The summed E-state index contributed by atoms with van der Waals surface area (Å²) in [6.45, 7) is 4.97. The van der Waals surface area contributed by atoms with E-state index in [1.54, 1.807) is 11.8 Å². The SMILES string of the molecule is CCCN(C(=O)CSC)C1CNC1. The lowest BCUT2D eigenvalue weighted by Gasteiger charge is -2.38. The highest BCUT2D eigenvalue weighted by molar-refractivity contribution is 7.99. The summed E-state index contributed by atoms with van der Waals surface area (Å²) in [5.74, 6) is 0.914. The van der Waals surface area contributed by atoms with E-state index < -0.39 is 0 Å². The highest BCUT2D eigenvalue weighted by atomic mass is 32.2. The molecule has 0 unspecified atom stereocenters. The maximum Gasteiger partial charge on any atom is 0.232 e. The molecule has 1 saturated heterocycles. The largest absolute Gasteiger partial charge is 0.336 e. The average molecular weight is 202 g/mol. The minimum atomic E-state index is 0.292. The van der Waals surface area contributed by atoms with Gasteiger partial charge in [0.25, 0.3) is 0 Å². The van der Waals surface area contributed by atoms with Crippen molar-refractivity contribution < 1.29 is 4.79 Å². The van der Waals surface area contributed by atoms with Crippen molar-refractivity contribution in [3.8, 4) is 0 Å². The van der Waals surface area contributed by atoms with Crippen LogP contribution in [-0.2, 0) is 4.79 Å². The standard InChI is InChI=1S/C9H18N2OS/c1-3-4-11(8-5-10-6-8)9(12)7-13-2/h8,10H,3-7H2,1-2H3. The Hall–Kier alpha value is -0.220. The van der Waals surface area contributed by atoms with Crippen LogP contribution in [0.3, 0.4) is 0 Å². The lowest BCUT2D eigenvalue weighted by atomic mass is 10.1. The van der Waals surface area contributed by atoms with Crippen molar-refractivity contribution in [2.24, 2.45) is 0 Å². The van der Waals surface area contributed by atoms with Gasteiger partial charge in [-0.1, -0.05) is 6.92 Å². The Labute approximate surface area is 84.2 Å². The first-order chi connectivity index (χ1) is 6.29. The fourth-order valence-corrected chi connectivity index (χ4v) is 1.86. The Bertz CT molecular complexity index is 171. The van der Waals surface area contributed by atoms with Crippen LogP contribution in [0.15, 0.2) is 0 Å². The minimum Gasteiger partial charge on any atom is -0.336 e. The van der Waals surface area contributed by atoms with Gasteiger partial charge < -0.3 is 10.2 Å². The third-order valence-corrected chi connectivity index (χ3v) is 2.79. The Morgan fingerprint density at radius 1 is 1.62 bits per heavy atom. The number of carbonyl (C=O) groups is 1. The van der Waals surface area contributed by atoms with Crippen LogP contribution in [0.2, 0.25) is 0 Å². The smallest absolute Gasteiger partial charge is 0.232 e. The molecule has 0 saturated carbocycles. The monoisotopic (exact) mass is 202 g/mol. The maximum atomic E-state index is 11.6. The number of hydrogen-bond donors (Lipinski definition) is 1. The molecule has 3 nitrogen and oxygen atoms in total. The number of nitrogens with one attached hydrogen (secondary N) is 1. The minimum absolute atomic E-state index is 0.292. The van der Waals surface area contributed by atoms with Crippen LogP contribution in [0.25, 0.3) is 0 Å². The van der Waals surface area contributed by atoms with E-state index in [4.69, 9.17) is 0 Å². The van der Waals surface area contributed by atoms with E-state index in [-0.39, 0.29) is 0 Å². The highest BCUT2D eigenvalue weighted by Gasteiger charge is 2.26. The molecule has 0 atom stereocenters. The molecule has 0 aromatic carbocycles. The Morgan fingerprint density at radius 2 is 2.31 bits per heavy atom. The van der Waals surface area contributed by atoms with Gasteiger partial charge in [-0.15, -0.1) is 0 Å².